The van der Waals surface area contributed by atoms with E-state index in [1.165, 1.54) is 17.5 Å². The number of hydrogen-bond acceptors (Lipinski definition) is 3. The van der Waals surface area contributed by atoms with Gasteiger partial charge in [0.25, 0.3) is 0 Å². The summed E-state index contributed by atoms with van der Waals surface area (Å²) in [6.07, 6.45) is 5.58. The number of fused-ring (bicyclic) bond motifs is 1. The van der Waals surface area contributed by atoms with Gasteiger partial charge >= 0.3 is 6.03 Å². The van der Waals surface area contributed by atoms with Crippen molar-refractivity contribution in [3.8, 4) is 11.1 Å². The molecular weight excluding hydrogens is 414 g/mol. The van der Waals surface area contributed by atoms with E-state index in [9.17, 15) is 14.7 Å². The molecule has 6 heteroatoms. The van der Waals surface area contributed by atoms with Crippen molar-refractivity contribution in [3.63, 3.8) is 0 Å². The number of nitrogens with one attached hydrogen (secondary N) is 1. The van der Waals surface area contributed by atoms with E-state index < -0.39 is 0 Å². The van der Waals surface area contributed by atoms with E-state index >= 15 is 0 Å². The van der Waals surface area contributed by atoms with Crippen LogP contribution in [-0.4, -0.2) is 64.7 Å². The molecule has 3 atom stereocenters. The zero-order chi connectivity index (χ0) is 22.9. The molecule has 0 unspecified atom stereocenters. The number of amides is 3. The quantitative estimate of drug-likeness (QED) is 0.751. The minimum atomic E-state index is -0.226. The van der Waals surface area contributed by atoms with Crippen LogP contribution >= 0.6 is 0 Å². The summed E-state index contributed by atoms with van der Waals surface area (Å²) in [5, 5.41) is 13.2. The Morgan fingerprint density at radius 2 is 1.82 bits per heavy atom. The Morgan fingerprint density at radius 1 is 1.06 bits per heavy atom. The standard InChI is InChI=1S/C27H33N3O3/c1-18-6-5-7-21(14-18)19-10-12-20(13-11-19)26-23-15-29(16-25(32)30(23)24(26)17-31)27(33)28-22-8-3-2-4-9-22/h5-7,10-14,22-24,26,31H,2-4,8-9,15-17H2,1H3,(H,28,33)/t23-,24+,26+/m0/s1. The summed E-state index contributed by atoms with van der Waals surface area (Å²) >= 11 is 0. The summed E-state index contributed by atoms with van der Waals surface area (Å²) in [6.45, 7) is 2.61. The van der Waals surface area contributed by atoms with Gasteiger partial charge in [0.05, 0.1) is 18.7 Å². The van der Waals surface area contributed by atoms with Crippen molar-refractivity contribution in [1.82, 2.24) is 15.1 Å². The van der Waals surface area contributed by atoms with Gasteiger partial charge in [0.15, 0.2) is 0 Å². The number of benzene rings is 2. The van der Waals surface area contributed by atoms with Crippen LogP contribution in [0.5, 0.6) is 0 Å². The molecule has 0 spiro atoms. The zero-order valence-corrected chi connectivity index (χ0v) is 19.2. The summed E-state index contributed by atoms with van der Waals surface area (Å²) in [5.41, 5.74) is 4.65. The molecule has 2 aromatic carbocycles. The fourth-order valence-corrected chi connectivity index (χ4v) is 5.89. The normalized spacial score (nSPS) is 25.4. The van der Waals surface area contributed by atoms with Gasteiger partial charge in [0.2, 0.25) is 5.91 Å². The molecule has 2 N–H and O–H groups in total. The summed E-state index contributed by atoms with van der Waals surface area (Å²) in [6, 6.07) is 16.6. The number of hydrogen-bond donors (Lipinski definition) is 2. The molecule has 3 amide bonds. The third-order valence-corrected chi connectivity index (χ3v) is 7.62. The van der Waals surface area contributed by atoms with Gasteiger partial charge in [-0.15, -0.1) is 0 Å². The monoisotopic (exact) mass is 447 g/mol. The Kier molecular flexibility index (Phi) is 6.11. The second-order valence-electron chi connectivity index (χ2n) is 9.80. The van der Waals surface area contributed by atoms with Crippen molar-refractivity contribution in [2.24, 2.45) is 0 Å². The van der Waals surface area contributed by atoms with Crippen LogP contribution in [0.1, 0.15) is 49.1 Å². The smallest absolute Gasteiger partial charge is 0.318 e. The lowest BCUT2D eigenvalue weighted by atomic mass is 9.73. The summed E-state index contributed by atoms with van der Waals surface area (Å²) in [4.78, 5) is 29.2. The molecule has 2 aliphatic heterocycles. The molecule has 6 nitrogen and oxygen atoms in total. The highest BCUT2D eigenvalue weighted by Crippen LogP contribution is 2.43. The summed E-state index contributed by atoms with van der Waals surface area (Å²) < 4.78 is 0. The van der Waals surface area contributed by atoms with Crippen LogP contribution in [0.25, 0.3) is 11.1 Å². The Labute approximate surface area is 195 Å². The lowest BCUT2D eigenvalue weighted by molar-refractivity contribution is -0.159. The average Bonchev–Trinajstić information content (AvgIpc) is 2.81. The van der Waals surface area contributed by atoms with Crippen LogP contribution in [-0.2, 0) is 4.79 Å². The van der Waals surface area contributed by atoms with E-state index in [2.05, 4.69) is 60.8 Å². The number of rotatable bonds is 4. The van der Waals surface area contributed by atoms with Crippen molar-refractivity contribution in [1.29, 1.82) is 0 Å². The maximum atomic E-state index is 12.9. The van der Waals surface area contributed by atoms with Gasteiger partial charge in [-0.05, 0) is 36.5 Å². The summed E-state index contributed by atoms with van der Waals surface area (Å²) in [7, 11) is 0. The predicted octanol–water partition coefficient (Wildman–Crippen LogP) is 3.68. The highest BCUT2D eigenvalue weighted by atomic mass is 16.3. The van der Waals surface area contributed by atoms with Crippen LogP contribution in [0, 0.1) is 6.92 Å². The molecule has 1 saturated carbocycles. The number of aliphatic hydroxyl groups is 1. The van der Waals surface area contributed by atoms with Gasteiger partial charge in [-0.2, -0.15) is 0 Å². The van der Waals surface area contributed by atoms with Crippen molar-refractivity contribution in [3.05, 3.63) is 59.7 Å². The van der Waals surface area contributed by atoms with E-state index in [1.54, 1.807) is 9.80 Å². The fourth-order valence-electron chi connectivity index (χ4n) is 5.89. The van der Waals surface area contributed by atoms with Gasteiger partial charge in [-0.3, -0.25) is 4.79 Å². The van der Waals surface area contributed by atoms with Crippen molar-refractivity contribution >= 4 is 11.9 Å². The van der Waals surface area contributed by atoms with E-state index in [-0.39, 0.29) is 49.1 Å². The molecule has 3 aliphatic rings. The van der Waals surface area contributed by atoms with Gasteiger partial charge in [-0.1, -0.05) is 73.4 Å². The minimum Gasteiger partial charge on any atom is -0.394 e. The average molecular weight is 448 g/mol. The minimum absolute atomic E-state index is 0.0239. The highest BCUT2D eigenvalue weighted by molar-refractivity contribution is 5.87. The van der Waals surface area contributed by atoms with Crippen LogP contribution in [0.2, 0.25) is 0 Å². The molecule has 1 aliphatic carbocycles. The first-order valence-electron chi connectivity index (χ1n) is 12.2. The first-order chi connectivity index (χ1) is 16.0. The van der Waals surface area contributed by atoms with Gasteiger partial charge in [-0.25, -0.2) is 4.79 Å². The third-order valence-electron chi connectivity index (χ3n) is 7.62. The van der Waals surface area contributed by atoms with Crippen molar-refractivity contribution < 1.29 is 14.7 Å². The van der Waals surface area contributed by atoms with Crippen LogP contribution in [0.15, 0.2) is 48.5 Å². The maximum absolute atomic E-state index is 12.9. The van der Waals surface area contributed by atoms with Crippen LogP contribution < -0.4 is 5.32 Å². The first kappa shape index (κ1) is 22.0. The van der Waals surface area contributed by atoms with E-state index in [4.69, 9.17) is 0 Å². The Balaban J connectivity index is 1.31. The van der Waals surface area contributed by atoms with E-state index in [0.717, 1.165) is 36.8 Å². The molecule has 3 fully saturated rings. The molecule has 2 saturated heterocycles. The molecule has 5 rings (SSSR count). The van der Waals surface area contributed by atoms with E-state index in [1.807, 2.05) is 0 Å². The summed E-state index contributed by atoms with van der Waals surface area (Å²) in [5.74, 6) is -0.0486. The number of nitrogens with zero attached hydrogens (tertiary/aromatic N) is 2. The molecule has 0 aromatic heterocycles. The van der Waals surface area contributed by atoms with Gasteiger partial charge in [0, 0.05) is 18.5 Å². The second kappa shape index (κ2) is 9.18. The Morgan fingerprint density at radius 3 is 2.52 bits per heavy atom. The highest BCUT2D eigenvalue weighted by Gasteiger charge is 2.54. The van der Waals surface area contributed by atoms with E-state index in [0.29, 0.717) is 6.54 Å². The largest absolute Gasteiger partial charge is 0.394 e. The molecular formula is C27H33N3O3. The van der Waals surface area contributed by atoms with Crippen LogP contribution in [0.4, 0.5) is 4.79 Å². The molecule has 33 heavy (non-hydrogen) atoms. The number of aliphatic hydroxyl groups excluding tert-OH is 1. The molecule has 0 bridgehead atoms. The lowest BCUT2D eigenvalue weighted by Gasteiger charge is -2.58. The molecule has 0 radical (unpaired) electrons. The number of piperazine rings is 1. The molecule has 2 heterocycles. The number of carbonyl (C=O) groups is 2. The lowest BCUT2D eigenvalue weighted by Crippen LogP contribution is -2.74. The topological polar surface area (TPSA) is 72.9 Å². The number of urea groups is 1. The zero-order valence-electron chi connectivity index (χ0n) is 19.2. The number of aryl methyl sites for hydroxylation is 1. The van der Waals surface area contributed by atoms with Crippen LogP contribution in [0.3, 0.4) is 0 Å². The predicted molar refractivity (Wildman–Crippen MR) is 128 cm³/mol. The molecule has 174 valence electrons. The Hall–Kier alpha value is -2.86. The molecule has 2 aromatic rings. The SMILES string of the molecule is Cc1cccc(-c2ccc([C@H]3[C@@H](CO)N4C(=O)CN(C(=O)NC5CCCCC5)C[C@@H]34)cc2)c1. The Bertz CT molecular complexity index is 1020. The van der Waals surface area contributed by atoms with Gasteiger partial charge in [0.1, 0.15) is 6.54 Å². The van der Waals surface area contributed by atoms with Crippen molar-refractivity contribution in [2.75, 3.05) is 19.7 Å². The third kappa shape index (κ3) is 4.24. The first-order valence-corrected chi connectivity index (χ1v) is 12.2. The fraction of sp³-hybridized carbons (Fsp3) is 0.481. The van der Waals surface area contributed by atoms with Crippen molar-refractivity contribution in [2.45, 2.75) is 63.1 Å². The maximum Gasteiger partial charge on any atom is 0.318 e. The van der Waals surface area contributed by atoms with Gasteiger partial charge < -0.3 is 20.2 Å². The second-order valence-corrected chi connectivity index (χ2v) is 9.80. The number of carbonyl (C=O) groups excluding carboxylic acids is 2.